The quantitative estimate of drug-likeness (QED) is 0.838. The van der Waals surface area contributed by atoms with E-state index in [1.165, 1.54) is 0 Å². The van der Waals surface area contributed by atoms with Crippen LogP contribution in [-0.4, -0.2) is 42.2 Å². The maximum atomic E-state index is 12.3. The topological polar surface area (TPSA) is 76.1 Å². The molecule has 1 aromatic rings. The van der Waals surface area contributed by atoms with Crippen LogP contribution in [0.1, 0.15) is 55.3 Å². The molecular weight excluding hydrogens is 268 g/mol. The summed E-state index contributed by atoms with van der Waals surface area (Å²) in [4.78, 5) is 20.9. The van der Waals surface area contributed by atoms with Gasteiger partial charge in [-0.2, -0.15) is 0 Å². The number of nitrogens with one attached hydrogen (secondary N) is 2. The van der Waals surface area contributed by atoms with Crippen LogP contribution in [0.15, 0.2) is 6.20 Å². The van der Waals surface area contributed by atoms with E-state index in [0.29, 0.717) is 23.8 Å². The van der Waals surface area contributed by atoms with Gasteiger partial charge in [0.05, 0.1) is 18.0 Å². The van der Waals surface area contributed by atoms with Crippen LogP contribution in [-0.2, 0) is 4.74 Å². The van der Waals surface area contributed by atoms with E-state index in [2.05, 4.69) is 20.6 Å². The number of hydrogen-bond acceptors (Lipinski definition) is 5. The molecule has 6 nitrogen and oxygen atoms in total. The fourth-order valence-corrected chi connectivity index (χ4v) is 2.33. The van der Waals surface area contributed by atoms with Crippen molar-refractivity contribution >= 4 is 11.6 Å². The van der Waals surface area contributed by atoms with Gasteiger partial charge in [0.1, 0.15) is 5.82 Å². The van der Waals surface area contributed by atoms with Gasteiger partial charge < -0.3 is 15.4 Å². The smallest absolute Gasteiger partial charge is 0.272 e. The Morgan fingerprint density at radius 2 is 2.33 bits per heavy atom. The van der Waals surface area contributed by atoms with Gasteiger partial charge in [-0.05, 0) is 19.3 Å². The SMILES string of the molecule is CNc1cnc(C(C)C)nc1C(=O)NCCC1CCCO1. The summed E-state index contributed by atoms with van der Waals surface area (Å²) in [7, 11) is 1.76. The lowest BCUT2D eigenvalue weighted by molar-refractivity contribution is 0.0903. The summed E-state index contributed by atoms with van der Waals surface area (Å²) < 4.78 is 5.55. The molecule has 6 heteroatoms. The first-order chi connectivity index (χ1) is 10.1. The Hall–Kier alpha value is -1.69. The third kappa shape index (κ3) is 4.14. The van der Waals surface area contributed by atoms with Gasteiger partial charge in [-0.3, -0.25) is 4.79 Å². The molecule has 1 aliphatic rings. The Morgan fingerprint density at radius 3 is 2.95 bits per heavy atom. The van der Waals surface area contributed by atoms with Crippen LogP contribution in [0.25, 0.3) is 0 Å². The number of hydrogen-bond donors (Lipinski definition) is 2. The maximum absolute atomic E-state index is 12.3. The predicted octanol–water partition coefficient (Wildman–Crippen LogP) is 1.94. The molecule has 0 bridgehead atoms. The minimum Gasteiger partial charge on any atom is -0.385 e. The van der Waals surface area contributed by atoms with Crippen molar-refractivity contribution in [2.75, 3.05) is 25.5 Å². The van der Waals surface area contributed by atoms with Gasteiger partial charge in [0, 0.05) is 26.1 Å². The molecule has 1 amide bonds. The first kappa shape index (κ1) is 15.7. The lowest BCUT2D eigenvalue weighted by Gasteiger charge is -2.13. The number of anilines is 1. The maximum Gasteiger partial charge on any atom is 0.272 e. The van der Waals surface area contributed by atoms with Gasteiger partial charge >= 0.3 is 0 Å². The van der Waals surface area contributed by atoms with Gasteiger partial charge in [-0.1, -0.05) is 13.8 Å². The highest BCUT2D eigenvalue weighted by Gasteiger charge is 2.18. The van der Waals surface area contributed by atoms with E-state index >= 15 is 0 Å². The predicted molar refractivity (Wildman–Crippen MR) is 81.6 cm³/mol. The lowest BCUT2D eigenvalue weighted by Crippen LogP contribution is -2.29. The van der Waals surface area contributed by atoms with Crippen LogP contribution in [0.4, 0.5) is 5.69 Å². The number of rotatable bonds is 6. The van der Waals surface area contributed by atoms with Gasteiger partial charge in [0.15, 0.2) is 5.69 Å². The summed E-state index contributed by atoms with van der Waals surface area (Å²) in [6.45, 7) is 5.46. The second-order valence-electron chi connectivity index (χ2n) is 5.57. The summed E-state index contributed by atoms with van der Waals surface area (Å²) in [5.41, 5.74) is 1.05. The molecule has 0 saturated carbocycles. The zero-order valence-corrected chi connectivity index (χ0v) is 13.0. The third-order valence-corrected chi connectivity index (χ3v) is 3.58. The molecule has 1 aliphatic heterocycles. The zero-order chi connectivity index (χ0) is 15.2. The van der Waals surface area contributed by atoms with Gasteiger partial charge in [-0.25, -0.2) is 9.97 Å². The lowest BCUT2D eigenvalue weighted by atomic mass is 10.2. The van der Waals surface area contributed by atoms with Crippen LogP contribution in [0.2, 0.25) is 0 Å². The van der Waals surface area contributed by atoms with E-state index in [1.54, 1.807) is 13.2 Å². The third-order valence-electron chi connectivity index (χ3n) is 3.58. The summed E-state index contributed by atoms with van der Waals surface area (Å²) in [6.07, 6.45) is 5.00. The number of carbonyl (C=O) groups excluding carboxylic acids is 1. The zero-order valence-electron chi connectivity index (χ0n) is 13.0. The highest BCUT2D eigenvalue weighted by atomic mass is 16.5. The summed E-state index contributed by atoms with van der Waals surface area (Å²) in [5.74, 6) is 0.703. The van der Waals surface area contributed by atoms with Crippen LogP contribution in [0, 0.1) is 0 Å². The van der Waals surface area contributed by atoms with Crippen molar-refractivity contribution in [3.63, 3.8) is 0 Å². The minimum atomic E-state index is -0.165. The van der Waals surface area contributed by atoms with Gasteiger partial charge in [0.25, 0.3) is 5.91 Å². The number of aromatic nitrogens is 2. The molecule has 0 radical (unpaired) electrons. The standard InChI is InChI=1S/C15H24N4O2/c1-10(2)14-18-9-12(16-3)13(19-14)15(20)17-7-6-11-5-4-8-21-11/h9-11,16H,4-8H2,1-3H3,(H,17,20). The fourth-order valence-electron chi connectivity index (χ4n) is 2.33. The highest BCUT2D eigenvalue weighted by molar-refractivity contribution is 5.97. The Bertz CT molecular complexity index is 485. The van der Waals surface area contributed by atoms with Gasteiger partial charge in [0.2, 0.25) is 0 Å². The molecule has 2 N–H and O–H groups in total. The summed E-state index contributed by atoms with van der Waals surface area (Å²) in [5, 5.41) is 5.88. The molecule has 116 valence electrons. The Kier molecular flexibility index (Phi) is 5.50. The fraction of sp³-hybridized carbons (Fsp3) is 0.667. The Balaban J connectivity index is 1.97. The number of ether oxygens (including phenoxy) is 1. The van der Waals surface area contributed by atoms with Crippen LogP contribution in [0.5, 0.6) is 0 Å². The molecule has 1 atom stereocenters. The van der Waals surface area contributed by atoms with E-state index in [1.807, 2.05) is 13.8 Å². The van der Waals surface area contributed by atoms with E-state index in [4.69, 9.17) is 4.74 Å². The number of carbonyl (C=O) groups is 1. The van der Waals surface area contributed by atoms with Crippen LogP contribution >= 0.6 is 0 Å². The molecule has 1 unspecified atom stereocenters. The molecule has 0 aromatic carbocycles. The molecule has 1 saturated heterocycles. The monoisotopic (exact) mass is 292 g/mol. The first-order valence-corrected chi connectivity index (χ1v) is 7.56. The van der Waals surface area contributed by atoms with Crippen molar-refractivity contribution in [1.29, 1.82) is 0 Å². The van der Waals surface area contributed by atoms with Crippen molar-refractivity contribution in [3.8, 4) is 0 Å². The Labute approximate surface area is 125 Å². The second-order valence-corrected chi connectivity index (χ2v) is 5.57. The van der Waals surface area contributed by atoms with Crippen molar-refractivity contribution in [3.05, 3.63) is 17.7 Å². The van der Waals surface area contributed by atoms with Crippen molar-refractivity contribution in [2.24, 2.45) is 0 Å². The van der Waals surface area contributed by atoms with E-state index in [-0.39, 0.29) is 17.9 Å². The molecule has 0 aliphatic carbocycles. The normalized spacial score (nSPS) is 18.0. The highest BCUT2D eigenvalue weighted by Crippen LogP contribution is 2.17. The van der Waals surface area contributed by atoms with E-state index < -0.39 is 0 Å². The molecular formula is C15H24N4O2. The summed E-state index contributed by atoms with van der Waals surface area (Å²) >= 11 is 0. The number of nitrogens with zero attached hydrogens (tertiary/aromatic N) is 2. The molecule has 1 fully saturated rings. The first-order valence-electron chi connectivity index (χ1n) is 7.56. The molecule has 0 spiro atoms. The van der Waals surface area contributed by atoms with Crippen LogP contribution < -0.4 is 10.6 Å². The van der Waals surface area contributed by atoms with Crippen molar-refractivity contribution in [1.82, 2.24) is 15.3 Å². The average Bonchev–Trinajstić information content (AvgIpc) is 2.99. The molecule has 2 rings (SSSR count). The molecule has 2 heterocycles. The second kappa shape index (κ2) is 7.36. The summed E-state index contributed by atoms with van der Waals surface area (Å²) in [6, 6.07) is 0. The number of amides is 1. The molecule has 1 aromatic heterocycles. The minimum absolute atomic E-state index is 0.165. The van der Waals surface area contributed by atoms with Crippen molar-refractivity contribution in [2.45, 2.75) is 45.1 Å². The van der Waals surface area contributed by atoms with E-state index in [0.717, 1.165) is 25.9 Å². The molecule has 21 heavy (non-hydrogen) atoms. The largest absolute Gasteiger partial charge is 0.385 e. The Morgan fingerprint density at radius 1 is 1.52 bits per heavy atom. The van der Waals surface area contributed by atoms with E-state index in [9.17, 15) is 4.79 Å². The van der Waals surface area contributed by atoms with Crippen molar-refractivity contribution < 1.29 is 9.53 Å². The van der Waals surface area contributed by atoms with Crippen LogP contribution in [0.3, 0.4) is 0 Å². The average molecular weight is 292 g/mol. The van der Waals surface area contributed by atoms with Gasteiger partial charge in [-0.15, -0.1) is 0 Å².